The van der Waals surface area contributed by atoms with Crippen LogP contribution in [0.1, 0.15) is 12.8 Å². The molecule has 2 atom stereocenters. The van der Waals surface area contributed by atoms with Crippen LogP contribution in [0.2, 0.25) is 0 Å². The second kappa shape index (κ2) is 4.43. The highest BCUT2D eigenvalue weighted by atomic mass is 16.4. The highest BCUT2D eigenvalue weighted by Gasteiger charge is 2.26. The van der Waals surface area contributed by atoms with Gasteiger partial charge in [-0.2, -0.15) is 0 Å². The summed E-state index contributed by atoms with van der Waals surface area (Å²) in [5.74, 6) is 5.57. The summed E-state index contributed by atoms with van der Waals surface area (Å²) in [5, 5.41) is 12.6. The molecule has 0 spiro atoms. The van der Waals surface area contributed by atoms with E-state index in [0.29, 0.717) is 0 Å². The average Bonchev–Trinajstić information content (AvgIpc) is 2.17. The zero-order valence-corrected chi connectivity index (χ0v) is 7.57. The predicted molar refractivity (Wildman–Crippen MR) is 48.8 cm³/mol. The standard InChI is InChI=1S/C8H16N3O2/c1-6(11(9)8(12)13)7-3-2-4-10-5-7/h6-7,10H,1-5,9H2,(H,12,13). The van der Waals surface area contributed by atoms with E-state index in [1.54, 1.807) is 0 Å². The first kappa shape index (κ1) is 10.3. The van der Waals surface area contributed by atoms with Crippen LogP contribution in [0.25, 0.3) is 0 Å². The fourth-order valence-electron chi connectivity index (χ4n) is 1.58. The Morgan fingerprint density at radius 2 is 2.46 bits per heavy atom. The van der Waals surface area contributed by atoms with E-state index < -0.39 is 6.09 Å². The van der Waals surface area contributed by atoms with Crippen molar-refractivity contribution in [2.24, 2.45) is 11.8 Å². The van der Waals surface area contributed by atoms with Gasteiger partial charge in [0.05, 0.1) is 6.04 Å². The number of piperidine rings is 1. The summed E-state index contributed by atoms with van der Waals surface area (Å²) >= 11 is 0. The van der Waals surface area contributed by atoms with Gasteiger partial charge in [0.2, 0.25) is 0 Å². The molecule has 0 aromatic rings. The number of amides is 1. The van der Waals surface area contributed by atoms with E-state index in [1.165, 1.54) is 0 Å². The minimum absolute atomic E-state index is 0.231. The molecule has 0 aromatic carbocycles. The van der Waals surface area contributed by atoms with Gasteiger partial charge in [0.15, 0.2) is 0 Å². The molecule has 5 heteroatoms. The monoisotopic (exact) mass is 186 g/mol. The molecule has 1 heterocycles. The molecular weight excluding hydrogens is 170 g/mol. The van der Waals surface area contributed by atoms with Gasteiger partial charge in [0.1, 0.15) is 0 Å². The molecule has 0 aliphatic carbocycles. The van der Waals surface area contributed by atoms with Crippen LogP contribution in [0.5, 0.6) is 0 Å². The summed E-state index contributed by atoms with van der Waals surface area (Å²) in [5.41, 5.74) is 0. The minimum Gasteiger partial charge on any atom is -0.464 e. The van der Waals surface area contributed by atoms with Gasteiger partial charge in [-0.05, 0) is 38.8 Å². The van der Waals surface area contributed by atoms with Gasteiger partial charge in [0, 0.05) is 0 Å². The molecule has 1 aliphatic heterocycles. The third-order valence-corrected chi connectivity index (χ3v) is 2.46. The van der Waals surface area contributed by atoms with E-state index in [4.69, 9.17) is 10.9 Å². The summed E-state index contributed by atoms with van der Waals surface area (Å²) in [4.78, 5) is 10.5. The largest absolute Gasteiger partial charge is 0.464 e. The number of hydrogen-bond donors (Lipinski definition) is 3. The number of carboxylic acid groups (broad SMARTS) is 1. The average molecular weight is 186 g/mol. The van der Waals surface area contributed by atoms with Crippen molar-refractivity contribution in [3.8, 4) is 0 Å². The lowest BCUT2D eigenvalue weighted by atomic mass is 9.92. The number of nitrogens with zero attached hydrogens (tertiary/aromatic N) is 1. The van der Waals surface area contributed by atoms with E-state index in [0.717, 1.165) is 30.9 Å². The first-order valence-electron chi connectivity index (χ1n) is 4.43. The lowest BCUT2D eigenvalue weighted by Gasteiger charge is -2.32. The molecule has 2 unspecified atom stereocenters. The van der Waals surface area contributed by atoms with Crippen LogP contribution in [0.15, 0.2) is 0 Å². The highest BCUT2D eigenvalue weighted by Crippen LogP contribution is 2.16. The molecular formula is C8H16N3O2. The summed E-state index contributed by atoms with van der Waals surface area (Å²) < 4.78 is 0. The Morgan fingerprint density at radius 1 is 1.77 bits per heavy atom. The molecule has 13 heavy (non-hydrogen) atoms. The summed E-state index contributed by atoms with van der Waals surface area (Å²) in [6.07, 6.45) is 0.928. The van der Waals surface area contributed by atoms with Gasteiger partial charge in [-0.25, -0.2) is 15.6 Å². The van der Waals surface area contributed by atoms with Crippen molar-refractivity contribution in [2.45, 2.75) is 18.9 Å². The highest BCUT2D eigenvalue weighted by molar-refractivity contribution is 5.64. The SMILES string of the molecule is [CH2]C(C1CCCNC1)N(N)C(=O)O. The lowest BCUT2D eigenvalue weighted by molar-refractivity contribution is 0.112. The van der Waals surface area contributed by atoms with Crippen LogP contribution in [0.3, 0.4) is 0 Å². The fourth-order valence-corrected chi connectivity index (χ4v) is 1.58. The Balaban J connectivity index is 2.44. The third kappa shape index (κ3) is 2.57. The van der Waals surface area contributed by atoms with Crippen LogP contribution in [0, 0.1) is 12.8 Å². The second-order valence-corrected chi connectivity index (χ2v) is 3.36. The van der Waals surface area contributed by atoms with Crippen LogP contribution >= 0.6 is 0 Å². The normalized spacial score (nSPS) is 25.2. The molecule has 1 amide bonds. The third-order valence-electron chi connectivity index (χ3n) is 2.46. The first-order chi connectivity index (χ1) is 6.13. The van der Waals surface area contributed by atoms with Gasteiger partial charge < -0.3 is 10.4 Å². The topological polar surface area (TPSA) is 78.6 Å². The fraction of sp³-hybridized carbons (Fsp3) is 0.750. The van der Waals surface area contributed by atoms with Crippen molar-refractivity contribution in [3.05, 3.63) is 6.92 Å². The maximum atomic E-state index is 10.5. The van der Waals surface area contributed by atoms with Gasteiger partial charge in [-0.1, -0.05) is 0 Å². The molecule has 0 bridgehead atoms. The number of hydrazine groups is 1. The van der Waals surface area contributed by atoms with E-state index in [9.17, 15) is 4.79 Å². The van der Waals surface area contributed by atoms with E-state index in [-0.39, 0.29) is 12.0 Å². The molecule has 0 saturated carbocycles. The van der Waals surface area contributed by atoms with Crippen molar-refractivity contribution in [1.82, 2.24) is 10.3 Å². The quantitative estimate of drug-likeness (QED) is 0.323. The van der Waals surface area contributed by atoms with Gasteiger partial charge in [0.25, 0.3) is 0 Å². The Labute approximate surface area is 77.9 Å². The van der Waals surface area contributed by atoms with Crippen molar-refractivity contribution in [3.63, 3.8) is 0 Å². The van der Waals surface area contributed by atoms with Crippen LogP contribution in [-0.2, 0) is 0 Å². The Kier molecular flexibility index (Phi) is 3.50. The van der Waals surface area contributed by atoms with Crippen molar-refractivity contribution in [2.75, 3.05) is 13.1 Å². The van der Waals surface area contributed by atoms with Crippen molar-refractivity contribution < 1.29 is 9.90 Å². The molecule has 1 fully saturated rings. The Hall–Kier alpha value is -0.810. The van der Waals surface area contributed by atoms with Crippen molar-refractivity contribution >= 4 is 6.09 Å². The maximum absolute atomic E-state index is 10.5. The molecule has 1 radical (unpaired) electrons. The molecule has 0 aromatic heterocycles. The van der Waals surface area contributed by atoms with E-state index in [2.05, 4.69) is 12.2 Å². The summed E-state index contributed by atoms with van der Waals surface area (Å²) in [6.45, 7) is 5.56. The van der Waals surface area contributed by atoms with E-state index in [1.807, 2.05) is 0 Å². The first-order valence-corrected chi connectivity index (χ1v) is 4.43. The number of hydrogen-bond acceptors (Lipinski definition) is 3. The number of nitrogens with two attached hydrogens (primary N) is 1. The maximum Gasteiger partial charge on any atom is 0.421 e. The number of rotatable bonds is 2. The van der Waals surface area contributed by atoms with Crippen LogP contribution < -0.4 is 11.2 Å². The smallest absolute Gasteiger partial charge is 0.421 e. The molecule has 1 rings (SSSR count). The molecule has 4 N–H and O–H groups in total. The van der Waals surface area contributed by atoms with Crippen LogP contribution in [-0.4, -0.2) is 35.3 Å². The minimum atomic E-state index is -1.12. The number of carbonyl (C=O) groups is 1. The van der Waals surface area contributed by atoms with Crippen LogP contribution in [0.4, 0.5) is 4.79 Å². The van der Waals surface area contributed by atoms with Gasteiger partial charge in [-0.15, -0.1) is 0 Å². The molecule has 1 saturated heterocycles. The van der Waals surface area contributed by atoms with Gasteiger partial charge in [-0.3, -0.25) is 0 Å². The van der Waals surface area contributed by atoms with Crippen molar-refractivity contribution in [1.29, 1.82) is 0 Å². The molecule has 5 nitrogen and oxygen atoms in total. The Bertz CT molecular complexity index is 180. The molecule has 75 valence electrons. The predicted octanol–water partition coefficient (Wildman–Crippen LogP) is 0.0424. The second-order valence-electron chi connectivity index (χ2n) is 3.36. The summed E-state index contributed by atoms with van der Waals surface area (Å²) in [6, 6.07) is -0.356. The van der Waals surface area contributed by atoms with E-state index >= 15 is 0 Å². The lowest BCUT2D eigenvalue weighted by Crippen LogP contribution is -2.50. The zero-order chi connectivity index (χ0) is 9.84. The number of nitrogens with one attached hydrogen (secondary N) is 1. The molecule has 1 aliphatic rings. The summed E-state index contributed by atoms with van der Waals surface area (Å²) in [7, 11) is 0. The zero-order valence-electron chi connectivity index (χ0n) is 7.57. The van der Waals surface area contributed by atoms with Gasteiger partial charge >= 0.3 is 6.09 Å². The Morgan fingerprint density at radius 3 is 2.92 bits per heavy atom.